The zero-order valence-corrected chi connectivity index (χ0v) is 15.4. The second-order valence-electron chi connectivity index (χ2n) is 6.38. The molecule has 0 amide bonds. The number of aryl methyl sites for hydroxylation is 2. The van der Waals surface area contributed by atoms with E-state index in [1.54, 1.807) is 7.11 Å². The predicted molar refractivity (Wildman–Crippen MR) is 103 cm³/mol. The average Bonchev–Trinajstić information content (AvgIpc) is 3.07. The summed E-state index contributed by atoms with van der Waals surface area (Å²) in [5, 5.41) is 18.0. The number of hydrogen-bond donors (Lipinski definition) is 3. The lowest BCUT2D eigenvalue weighted by Gasteiger charge is -2.28. The molecule has 0 fully saturated rings. The van der Waals surface area contributed by atoms with Gasteiger partial charge in [0.25, 0.3) is 0 Å². The molecule has 0 aliphatic carbocycles. The van der Waals surface area contributed by atoms with Gasteiger partial charge >= 0.3 is 0 Å². The van der Waals surface area contributed by atoms with Gasteiger partial charge in [0.05, 0.1) is 18.6 Å². The summed E-state index contributed by atoms with van der Waals surface area (Å²) >= 11 is 0. The number of hydrogen-bond acceptors (Lipinski definition) is 6. The second kappa shape index (κ2) is 6.92. The minimum Gasteiger partial charge on any atom is -0.496 e. The maximum atomic E-state index is 9.69. The van der Waals surface area contributed by atoms with Crippen LogP contribution in [0.15, 0.2) is 53.7 Å². The first-order valence-electron chi connectivity index (χ1n) is 8.30. The predicted octanol–water partition coefficient (Wildman–Crippen LogP) is 2.50. The molecule has 1 aromatic carbocycles. The van der Waals surface area contributed by atoms with Crippen LogP contribution in [0.2, 0.25) is 0 Å². The molecular formula is C20H21N5O2. The molecule has 1 aliphatic heterocycles. The third-order valence-electron chi connectivity index (χ3n) is 4.61. The fourth-order valence-electron chi connectivity index (χ4n) is 3.27. The monoisotopic (exact) mass is 363 g/mol. The van der Waals surface area contributed by atoms with E-state index in [4.69, 9.17) is 26.4 Å². The van der Waals surface area contributed by atoms with Gasteiger partial charge in [0.1, 0.15) is 17.4 Å². The lowest BCUT2D eigenvalue weighted by molar-refractivity contribution is 0.384. The molecule has 0 bridgehead atoms. The van der Waals surface area contributed by atoms with E-state index in [0.717, 1.165) is 22.4 Å². The topological polar surface area (TPSA) is 123 Å². The lowest BCUT2D eigenvalue weighted by Crippen LogP contribution is -2.28. The number of methoxy groups -OCH3 is 1. The van der Waals surface area contributed by atoms with E-state index in [9.17, 15) is 5.26 Å². The minimum atomic E-state index is -0.596. The molecule has 2 heterocycles. The summed E-state index contributed by atoms with van der Waals surface area (Å²) in [6, 6.07) is 9.54. The van der Waals surface area contributed by atoms with E-state index >= 15 is 0 Å². The Morgan fingerprint density at radius 2 is 2.11 bits per heavy atom. The molecule has 0 spiro atoms. The summed E-state index contributed by atoms with van der Waals surface area (Å²) in [5.41, 5.74) is 15.8. The van der Waals surface area contributed by atoms with Crippen molar-refractivity contribution in [3.8, 4) is 11.8 Å². The molecule has 2 aromatic rings. The molecule has 0 radical (unpaired) electrons. The zero-order chi connectivity index (χ0) is 19.7. The lowest BCUT2D eigenvalue weighted by atomic mass is 9.81. The van der Waals surface area contributed by atoms with Gasteiger partial charge in [0, 0.05) is 30.7 Å². The normalized spacial score (nSPS) is 18.7. The van der Waals surface area contributed by atoms with Crippen LogP contribution in [0.25, 0.3) is 5.70 Å². The quantitative estimate of drug-likeness (QED) is 0.773. The van der Waals surface area contributed by atoms with Crippen LogP contribution in [0.4, 0.5) is 0 Å². The molecule has 5 N–H and O–H groups in total. The number of nitrogens with zero attached hydrogens (tertiary/aromatic N) is 2. The fraction of sp³-hybridized carbons (Fsp3) is 0.200. The molecule has 7 heteroatoms. The maximum Gasteiger partial charge on any atom is 0.220 e. The van der Waals surface area contributed by atoms with E-state index in [-0.39, 0.29) is 17.4 Å². The Bertz CT molecular complexity index is 1020. The molecule has 1 atom stereocenters. The number of nitriles is 1. The van der Waals surface area contributed by atoms with Gasteiger partial charge < -0.3 is 25.5 Å². The Morgan fingerprint density at radius 1 is 1.37 bits per heavy atom. The number of aromatic nitrogens is 1. The van der Waals surface area contributed by atoms with Gasteiger partial charge in [0.15, 0.2) is 0 Å². The van der Waals surface area contributed by atoms with E-state index in [1.165, 1.54) is 0 Å². The maximum absolute atomic E-state index is 9.69. The summed E-state index contributed by atoms with van der Waals surface area (Å²) in [7, 11) is 3.48. The van der Waals surface area contributed by atoms with Crippen LogP contribution in [-0.2, 0) is 11.8 Å². The number of benzene rings is 1. The molecular weight excluding hydrogens is 342 g/mol. The van der Waals surface area contributed by atoms with Crippen LogP contribution in [-0.4, -0.2) is 17.6 Å². The highest BCUT2D eigenvalue weighted by atomic mass is 16.5. The highest BCUT2D eigenvalue weighted by Crippen LogP contribution is 2.41. The van der Waals surface area contributed by atoms with E-state index in [0.29, 0.717) is 11.3 Å². The third-order valence-corrected chi connectivity index (χ3v) is 4.61. The first kappa shape index (κ1) is 18.1. The number of ether oxygens (including phenoxy) is 2. The van der Waals surface area contributed by atoms with Gasteiger partial charge in [-0.25, -0.2) is 0 Å². The number of allylic oxidation sites excluding steroid dienone is 1. The van der Waals surface area contributed by atoms with Crippen LogP contribution in [0.5, 0.6) is 5.75 Å². The molecule has 138 valence electrons. The van der Waals surface area contributed by atoms with E-state index in [2.05, 4.69) is 6.07 Å². The molecule has 0 saturated carbocycles. The SMILES string of the molecule is COc1ccc(C2C(C#N)=C(N)OC(=N)/C2=C(\N)c2ccn(C)c2)cc1C. The van der Waals surface area contributed by atoms with Gasteiger partial charge in [-0.05, 0) is 30.2 Å². The van der Waals surface area contributed by atoms with Crippen LogP contribution in [0, 0.1) is 23.7 Å². The molecule has 1 aromatic heterocycles. The standard InChI is InChI=1S/C20H21N5O2/c1-11-8-12(4-5-15(11)26-3)16-14(9-21)19(23)27-20(24)17(16)18(22)13-6-7-25(2)10-13/h4-8,10,16,24H,22-23H2,1-3H3/b18-17-,24-20?. The smallest absolute Gasteiger partial charge is 0.220 e. The first-order chi connectivity index (χ1) is 12.9. The van der Waals surface area contributed by atoms with E-state index < -0.39 is 5.92 Å². The Kier molecular flexibility index (Phi) is 4.65. The van der Waals surface area contributed by atoms with Gasteiger partial charge in [0.2, 0.25) is 11.8 Å². The summed E-state index contributed by atoms with van der Waals surface area (Å²) in [4.78, 5) is 0. The summed E-state index contributed by atoms with van der Waals surface area (Å²) in [6.07, 6.45) is 3.71. The van der Waals surface area contributed by atoms with Gasteiger partial charge in [-0.15, -0.1) is 0 Å². The van der Waals surface area contributed by atoms with Gasteiger partial charge in [-0.2, -0.15) is 5.26 Å². The van der Waals surface area contributed by atoms with Crippen molar-refractivity contribution in [1.29, 1.82) is 10.7 Å². The van der Waals surface area contributed by atoms with Crippen molar-refractivity contribution in [2.45, 2.75) is 12.8 Å². The molecule has 0 saturated heterocycles. The fourth-order valence-corrected chi connectivity index (χ4v) is 3.27. The highest BCUT2D eigenvalue weighted by molar-refractivity contribution is 6.03. The molecule has 1 unspecified atom stereocenters. The molecule has 27 heavy (non-hydrogen) atoms. The van der Waals surface area contributed by atoms with Crippen LogP contribution in [0.3, 0.4) is 0 Å². The van der Waals surface area contributed by atoms with E-state index in [1.807, 2.05) is 55.2 Å². The van der Waals surface area contributed by atoms with Crippen molar-refractivity contribution >= 4 is 11.6 Å². The third kappa shape index (κ3) is 3.13. The number of nitrogens with two attached hydrogens (primary N) is 2. The summed E-state index contributed by atoms with van der Waals surface area (Å²) in [6.45, 7) is 1.91. The highest BCUT2D eigenvalue weighted by Gasteiger charge is 2.35. The average molecular weight is 363 g/mol. The minimum absolute atomic E-state index is 0.0782. The summed E-state index contributed by atoms with van der Waals surface area (Å²) in [5.74, 6) is -0.101. The van der Waals surface area contributed by atoms with Crippen LogP contribution in [0.1, 0.15) is 22.6 Å². The zero-order valence-electron chi connectivity index (χ0n) is 15.4. The largest absolute Gasteiger partial charge is 0.496 e. The number of rotatable bonds is 3. The Balaban J connectivity index is 2.26. The van der Waals surface area contributed by atoms with Crippen molar-refractivity contribution < 1.29 is 9.47 Å². The number of nitrogens with one attached hydrogen (secondary N) is 1. The van der Waals surface area contributed by atoms with Gasteiger partial charge in [-0.1, -0.05) is 12.1 Å². The first-order valence-corrected chi connectivity index (χ1v) is 8.30. The van der Waals surface area contributed by atoms with Crippen LogP contribution < -0.4 is 16.2 Å². The van der Waals surface area contributed by atoms with Crippen molar-refractivity contribution in [1.82, 2.24) is 4.57 Å². The van der Waals surface area contributed by atoms with Crippen molar-refractivity contribution in [2.24, 2.45) is 18.5 Å². The van der Waals surface area contributed by atoms with Gasteiger partial charge in [-0.3, -0.25) is 5.41 Å². The van der Waals surface area contributed by atoms with Crippen molar-refractivity contribution in [2.75, 3.05) is 7.11 Å². The Labute approximate surface area is 157 Å². The van der Waals surface area contributed by atoms with Crippen molar-refractivity contribution in [3.05, 3.63) is 70.4 Å². The van der Waals surface area contributed by atoms with Crippen LogP contribution >= 0.6 is 0 Å². The second-order valence-corrected chi connectivity index (χ2v) is 6.38. The Morgan fingerprint density at radius 3 is 2.67 bits per heavy atom. The summed E-state index contributed by atoms with van der Waals surface area (Å²) < 4.78 is 12.5. The molecule has 3 rings (SSSR count). The Hall–Kier alpha value is -3.66. The molecule has 1 aliphatic rings. The van der Waals surface area contributed by atoms with Crippen molar-refractivity contribution in [3.63, 3.8) is 0 Å². The molecule has 7 nitrogen and oxygen atoms in total.